The van der Waals surface area contributed by atoms with Crippen molar-refractivity contribution in [2.24, 2.45) is 0 Å². The SMILES string of the molecule is Cc1ccc(COc2ccc(Br)cc2/C=C2/NC(=O)N(Cc3cccc(C)c3)C2=O)cc1. The van der Waals surface area contributed by atoms with Crippen LogP contribution in [-0.2, 0) is 17.9 Å². The zero-order valence-electron chi connectivity index (χ0n) is 17.9. The highest BCUT2D eigenvalue weighted by atomic mass is 79.9. The molecule has 0 radical (unpaired) electrons. The molecule has 3 aromatic carbocycles. The van der Waals surface area contributed by atoms with E-state index in [0.29, 0.717) is 17.9 Å². The van der Waals surface area contributed by atoms with Crippen LogP contribution in [0.1, 0.15) is 27.8 Å². The Labute approximate surface area is 195 Å². The normalized spacial score (nSPS) is 14.7. The van der Waals surface area contributed by atoms with E-state index in [1.54, 1.807) is 6.08 Å². The summed E-state index contributed by atoms with van der Waals surface area (Å²) in [7, 11) is 0. The Morgan fingerprint density at radius 2 is 1.72 bits per heavy atom. The third kappa shape index (κ3) is 5.08. The van der Waals surface area contributed by atoms with Gasteiger partial charge in [-0.1, -0.05) is 75.6 Å². The molecule has 5 nitrogen and oxygen atoms in total. The van der Waals surface area contributed by atoms with Gasteiger partial charge in [-0.2, -0.15) is 0 Å². The average Bonchev–Trinajstić information content (AvgIpc) is 3.02. The maximum absolute atomic E-state index is 12.9. The Hall–Kier alpha value is -3.38. The summed E-state index contributed by atoms with van der Waals surface area (Å²) >= 11 is 3.47. The number of halogens is 1. The fourth-order valence-corrected chi connectivity index (χ4v) is 3.85. The molecular formula is C26H23BrN2O3. The van der Waals surface area contributed by atoms with E-state index in [0.717, 1.165) is 21.2 Å². The molecule has 1 N–H and O–H groups in total. The molecule has 0 bridgehead atoms. The van der Waals surface area contributed by atoms with Gasteiger partial charge < -0.3 is 10.1 Å². The molecular weight excluding hydrogens is 468 g/mol. The lowest BCUT2D eigenvalue weighted by Crippen LogP contribution is -2.30. The number of hydrogen-bond donors (Lipinski definition) is 1. The summed E-state index contributed by atoms with van der Waals surface area (Å²) in [4.78, 5) is 26.6. The number of rotatable bonds is 6. The fourth-order valence-electron chi connectivity index (χ4n) is 3.47. The first-order chi connectivity index (χ1) is 15.4. The van der Waals surface area contributed by atoms with Crippen LogP contribution in [0.3, 0.4) is 0 Å². The van der Waals surface area contributed by atoms with Crippen LogP contribution in [0.2, 0.25) is 0 Å². The van der Waals surface area contributed by atoms with Crippen LogP contribution in [-0.4, -0.2) is 16.8 Å². The first-order valence-corrected chi connectivity index (χ1v) is 11.1. The number of carbonyl (C=O) groups is 2. The fraction of sp³-hybridized carbons (Fsp3) is 0.154. The maximum atomic E-state index is 12.9. The van der Waals surface area contributed by atoms with E-state index >= 15 is 0 Å². The highest BCUT2D eigenvalue weighted by molar-refractivity contribution is 9.10. The lowest BCUT2D eigenvalue weighted by atomic mass is 10.1. The number of urea groups is 1. The van der Waals surface area contributed by atoms with E-state index in [-0.39, 0.29) is 18.1 Å². The van der Waals surface area contributed by atoms with Crippen molar-refractivity contribution in [1.29, 1.82) is 0 Å². The van der Waals surface area contributed by atoms with Gasteiger partial charge in [0.1, 0.15) is 18.1 Å². The number of benzene rings is 3. The summed E-state index contributed by atoms with van der Waals surface area (Å²) in [5.74, 6) is 0.265. The van der Waals surface area contributed by atoms with Crippen molar-refractivity contribution in [2.45, 2.75) is 27.0 Å². The van der Waals surface area contributed by atoms with Gasteiger partial charge in [0.15, 0.2) is 0 Å². The van der Waals surface area contributed by atoms with Crippen molar-refractivity contribution in [2.75, 3.05) is 0 Å². The Balaban J connectivity index is 1.55. The number of amides is 3. The molecule has 0 unspecified atom stereocenters. The topological polar surface area (TPSA) is 58.6 Å². The highest BCUT2D eigenvalue weighted by Crippen LogP contribution is 2.28. The van der Waals surface area contributed by atoms with Crippen LogP contribution in [0.5, 0.6) is 5.75 Å². The third-order valence-corrected chi connectivity index (χ3v) is 5.67. The Morgan fingerprint density at radius 1 is 0.938 bits per heavy atom. The van der Waals surface area contributed by atoms with Gasteiger partial charge >= 0.3 is 6.03 Å². The summed E-state index contributed by atoms with van der Waals surface area (Å²) in [5, 5.41) is 2.69. The second-order valence-electron chi connectivity index (χ2n) is 7.82. The molecule has 0 atom stereocenters. The van der Waals surface area contributed by atoms with Gasteiger partial charge in [0, 0.05) is 10.0 Å². The van der Waals surface area contributed by atoms with E-state index < -0.39 is 6.03 Å². The molecule has 3 amide bonds. The van der Waals surface area contributed by atoms with E-state index in [9.17, 15) is 9.59 Å². The second-order valence-corrected chi connectivity index (χ2v) is 8.74. The molecule has 1 fully saturated rings. The summed E-state index contributed by atoms with van der Waals surface area (Å²) < 4.78 is 6.87. The number of nitrogens with zero attached hydrogens (tertiary/aromatic N) is 1. The minimum atomic E-state index is -0.431. The predicted molar refractivity (Wildman–Crippen MR) is 128 cm³/mol. The number of nitrogens with one attached hydrogen (secondary N) is 1. The van der Waals surface area contributed by atoms with Gasteiger partial charge in [-0.05, 0) is 49.2 Å². The van der Waals surface area contributed by atoms with Crippen LogP contribution in [0, 0.1) is 13.8 Å². The van der Waals surface area contributed by atoms with Crippen molar-refractivity contribution < 1.29 is 14.3 Å². The van der Waals surface area contributed by atoms with E-state index in [1.165, 1.54) is 10.5 Å². The first-order valence-electron chi connectivity index (χ1n) is 10.3. The average molecular weight is 491 g/mol. The van der Waals surface area contributed by atoms with Gasteiger partial charge in [0.25, 0.3) is 5.91 Å². The Morgan fingerprint density at radius 3 is 2.47 bits per heavy atom. The van der Waals surface area contributed by atoms with E-state index in [2.05, 4.69) is 21.2 Å². The second kappa shape index (κ2) is 9.40. The first kappa shape index (κ1) is 21.8. The molecule has 4 rings (SSSR count). The van der Waals surface area contributed by atoms with Gasteiger partial charge in [-0.3, -0.25) is 9.69 Å². The minimum Gasteiger partial charge on any atom is -0.488 e. The molecule has 0 aliphatic carbocycles. The Bertz CT molecular complexity index is 1200. The minimum absolute atomic E-state index is 0.221. The number of imide groups is 1. The molecule has 1 aliphatic rings. The molecule has 0 aromatic heterocycles. The molecule has 6 heteroatoms. The van der Waals surface area contributed by atoms with Gasteiger partial charge in [-0.15, -0.1) is 0 Å². The van der Waals surface area contributed by atoms with Crippen molar-refractivity contribution in [3.63, 3.8) is 0 Å². The summed E-state index contributed by atoms with van der Waals surface area (Å²) in [6, 6.07) is 21.0. The quantitative estimate of drug-likeness (QED) is 0.354. The monoisotopic (exact) mass is 490 g/mol. The molecule has 0 saturated carbocycles. The zero-order chi connectivity index (χ0) is 22.7. The highest BCUT2D eigenvalue weighted by Gasteiger charge is 2.33. The van der Waals surface area contributed by atoms with Crippen LogP contribution >= 0.6 is 15.9 Å². The van der Waals surface area contributed by atoms with Crippen LogP contribution < -0.4 is 10.1 Å². The predicted octanol–water partition coefficient (Wildman–Crippen LogP) is 5.74. The zero-order valence-corrected chi connectivity index (χ0v) is 19.5. The van der Waals surface area contributed by atoms with Crippen molar-refractivity contribution in [3.05, 3.63) is 105 Å². The standard InChI is InChI=1S/C26H23BrN2O3/c1-17-6-8-19(9-7-17)16-32-24-11-10-22(27)13-21(24)14-23-25(30)29(26(31)28-23)15-20-5-3-4-18(2)12-20/h3-14H,15-16H2,1-2H3,(H,28,31)/b23-14+. The van der Waals surface area contributed by atoms with Gasteiger partial charge in [0.2, 0.25) is 0 Å². The molecule has 3 aromatic rings. The molecule has 32 heavy (non-hydrogen) atoms. The number of carbonyl (C=O) groups excluding carboxylic acids is 2. The maximum Gasteiger partial charge on any atom is 0.329 e. The van der Waals surface area contributed by atoms with Crippen molar-refractivity contribution in [1.82, 2.24) is 10.2 Å². The molecule has 1 saturated heterocycles. The number of hydrogen-bond acceptors (Lipinski definition) is 3. The summed E-state index contributed by atoms with van der Waals surface area (Å²) in [5.41, 5.74) is 5.14. The van der Waals surface area contributed by atoms with E-state index in [1.807, 2.05) is 80.6 Å². The molecule has 162 valence electrons. The molecule has 1 aliphatic heterocycles. The molecule has 0 spiro atoms. The lowest BCUT2D eigenvalue weighted by Gasteiger charge is -2.12. The van der Waals surface area contributed by atoms with E-state index in [4.69, 9.17) is 4.74 Å². The summed E-state index contributed by atoms with van der Waals surface area (Å²) in [6.45, 7) is 4.64. The van der Waals surface area contributed by atoms with Crippen molar-refractivity contribution in [3.8, 4) is 5.75 Å². The van der Waals surface area contributed by atoms with Crippen LogP contribution in [0.4, 0.5) is 4.79 Å². The van der Waals surface area contributed by atoms with Gasteiger partial charge in [-0.25, -0.2) is 4.79 Å². The lowest BCUT2D eigenvalue weighted by molar-refractivity contribution is -0.123. The van der Waals surface area contributed by atoms with Gasteiger partial charge in [0.05, 0.1) is 6.54 Å². The Kier molecular flexibility index (Phi) is 6.42. The number of aryl methyl sites for hydroxylation is 2. The third-order valence-electron chi connectivity index (χ3n) is 5.17. The van der Waals surface area contributed by atoms with Crippen LogP contribution in [0.15, 0.2) is 76.9 Å². The smallest absolute Gasteiger partial charge is 0.329 e. The number of ether oxygens (including phenoxy) is 1. The largest absolute Gasteiger partial charge is 0.488 e. The summed E-state index contributed by atoms with van der Waals surface area (Å²) in [6.07, 6.45) is 1.66. The van der Waals surface area contributed by atoms with Crippen molar-refractivity contribution >= 4 is 33.9 Å². The van der Waals surface area contributed by atoms with Crippen LogP contribution in [0.25, 0.3) is 6.08 Å². The molecule has 1 heterocycles.